The van der Waals surface area contributed by atoms with Gasteiger partial charge in [-0.2, -0.15) is 0 Å². The summed E-state index contributed by atoms with van der Waals surface area (Å²) in [6.07, 6.45) is 2.74. The summed E-state index contributed by atoms with van der Waals surface area (Å²) in [5.41, 5.74) is 1.32. The molecule has 36 heavy (non-hydrogen) atoms. The molecule has 2 amide bonds. The van der Waals surface area contributed by atoms with Crippen LogP contribution < -0.4 is 14.4 Å². The number of carbonyl (C=O) groups excluding carboxylic acids is 2. The molecular formula is C26H36ClN3O5S. The third-order valence-corrected chi connectivity index (χ3v) is 7.14. The number of anilines is 1. The van der Waals surface area contributed by atoms with E-state index in [4.69, 9.17) is 16.3 Å². The lowest BCUT2D eigenvalue weighted by Crippen LogP contribution is -2.49. The molecule has 0 unspecified atom stereocenters. The Morgan fingerprint density at radius 2 is 1.81 bits per heavy atom. The Hall–Kier alpha value is -2.78. The van der Waals surface area contributed by atoms with Crippen LogP contribution in [0, 0.1) is 0 Å². The van der Waals surface area contributed by atoms with Gasteiger partial charge < -0.3 is 15.0 Å². The van der Waals surface area contributed by atoms with Crippen molar-refractivity contribution in [1.82, 2.24) is 10.2 Å². The predicted molar refractivity (Wildman–Crippen MR) is 144 cm³/mol. The number of hydrogen-bond acceptors (Lipinski definition) is 5. The van der Waals surface area contributed by atoms with Gasteiger partial charge in [0.25, 0.3) is 0 Å². The van der Waals surface area contributed by atoms with Gasteiger partial charge in [0.2, 0.25) is 21.8 Å². The Labute approximate surface area is 219 Å². The Bertz CT molecular complexity index is 1110. The molecule has 0 spiro atoms. The SMILES string of the molecule is CCCNC(=O)[C@@H](CC)N(Cc1ccc(Cl)cc1)C(=O)CCCN(c1cccc(OC)c1)S(C)(=O)=O. The van der Waals surface area contributed by atoms with Gasteiger partial charge >= 0.3 is 0 Å². The maximum absolute atomic E-state index is 13.4. The van der Waals surface area contributed by atoms with Crippen molar-refractivity contribution in [1.29, 1.82) is 0 Å². The average molecular weight is 538 g/mol. The van der Waals surface area contributed by atoms with Crippen LogP contribution in [-0.4, -0.2) is 57.6 Å². The fourth-order valence-corrected chi connectivity index (χ4v) is 4.92. The summed E-state index contributed by atoms with van der Waals surface area (Å²) in [5, 5.41) is 3.47. The third kappa shape index (κ3) is 8.71. The highest BCUT2D eigenvalue weighted by Gasteiger charge is 2.28. The zero-order valence-corrected chi connectivity index (χ0v) is 22.9. The van der Waals surface area contributed by atoms with Crippen LogP contribution in [-0.2, 0) is 26.2 Å². The lowest BCUT2D eigenvalue weighted by Gasteiger charge is -2.31. The monoisotopic (exact) mass is 537 g/mol. The smallest absolute Gasteiger partial charge is 0.242 e. The molecule has 10 heteroatoms. The topological polar surface area (TPSA) is 96.0 Å². The van der Waals surface area contributed by atoms with Crippen LogP contribution in [0.5, 0.6) is 5.75 Å². The molecule has 0 saturated heterocycles. The number of nitrogens with zero attached hydrogens (tertiary/aromatic N) is 2. The molecule has 8 nitrogen and oxygen atoms in total. The minimum absolute atomic E-state index is 0.0845. The fourth-order valence-electron chi connectivity index (χ4n) is 3.84. The lowest BCUT2D eigenvalue weighted by molar-refractivity contribution is -0.141. The first-order valence-electron chi connectivity index (χ1n) is 12.0. The van der Waals surface area contributed by atoms with E-state index in [0.717, 1.165) is 18.2 Å². The molecule has 0 aliphatic rings. The standard InChI is InChI=1S/C26H36ClN3O5S/c1-5-16-28-26(32)24(6-2)29(19-20-12-14-21(27)15-13-20)25(31)11-8-17-30(36(4,33)34)22-9-7-10-23(18-22)35-3/h7,9-10,12-15,18,24H,5-6,8,11,16-17,19H2,1-4H3,(H,28,32)/t24-/m1/s1. The summed E-state index contributed by atoms with van der Waals surface area (Å²) in [6, 6.07) is 13.3. The highest BCUT2D eigenvalue weighted by molar-refractivity contribution is 7.92. The van der Waals surface area contributed by atoms with E-state index in [9.17, 15) is 18.0 Å². The van der Waals surface area contributed by atoms with Crippen molar-refractivity contribution < 1.29 is 22.7 Å². The molecule has 2 aromatic rings. The number of sulfonamides is 1. The summed E-state index contributed by atoms with van der Waals surface area (Å²) in [7, 11) is -2.07. The van der Waals surface area contributed by atoms with Crippen molar-refractivity contribution in [2.24, 2.45) is 0 Å². The van der Waals surface area contributed by atoms with Gasteiger partial charge in [-0.05, 0) is 49.1 Å². The van der Waals surface area contributed by atoms with Crippen molar-refractivity contribution in [3.05, 3.63) is 59.1 Å². The normalized spacial score (nSPS) is 12.0. The molecule has 0 saturated carbocycles. The molecule has 1 atom stereocenters. The second-order valence-corrected chi connectivity index (χ2v) is 10.8. The quantitative estimate of drug-likeness (QED) is 0.389. The number of carbonyl (C=O) groups is 2. The molecule has 0 fully saturated rings. The van der Waals surface area contributed by atoms with Crippen molar-refractivity contribution in [2.75, 3.05) is 30.8 Å². The number of amides is 2. The molecule has 2 rings (SSSR count). The number of hydrogen-bond donors (Lipinski definition) is 1. The van der Waals surface area contributed by atoms with Gasteiger partial charge in [-0.3, -0.25) is 13.9 Å². The number of benzene rings is 2. The Morgan fingerprint density at radius 1 is 1.11 bits per heavy atom. The number of methoxy groups -OCH3 is 1. The fraction of sp³-hybridized carbons (Fsp3) is 0.462. The van der Waals surface area contributed by atoms with Crippen molar-refractivity contribution in [3.8, 4) is 5.75 Å². The third-order valence-electron chi connectivity index (χ3n) is 5.69. The Balaban J connectivity index is 2.20. The summed E-state index contributed by atoms with van der Waals surface area (Å²) >= 11 is 6.01. The minimum atomic E-state index is -3.58. The second-order valence-electron chi connectivity index (χ2n) is 8.50. The van der Waals surface area contributed by atoms with Gasteiger partial charge in [0.05, 0.1) is 19.1 Å². The van der Waals surface area contributed by atoms with E-state index in [1.54, 1.807) is 41.3 Å². The van der Waals surface area contributed by atoms with Gasteiger partial charge in [0, 0.05) is 37.1 Å². The van der Waals surface area contributed by atoms with Crippen molar-refractivity contribution in [2.45, 2.75) is 52.1 Å². The van der Waals surface area contributed by atoms with E-state index in [2.05, 4.69) is 5.32 Å². The molecule has 0 bridgehead atoms. The van der Waals surface area contributed by atoms with Gasteiger partial charge in [-0.1, -0.05) is 43.6 Å². The Kier molecular flexibility index (Phi) is 11.5. The summed E-state index contributed by atoms with van der Waals surface area (Å²) < 4.78 is 31.4. The zero-order chi connectivity index (χ0) is 26.7. The van der Waals surface area contributed by atoms with E-state index in [1.165, 1.54) is 11.4 Å². The number of halogens is 1. The number of rotatable bonds is 14. The summed E-state index contributed by atoms with van der Waals surface area (Å²) in [6.45, 7) is 4.73. The molecule has 0 heterocycles. The molecule has 0 aliphatic carbocycles. The molecule has 1 N–H and O–H groups in total. The van der Waals surface area contributed by atoms with Gasteiger partial charge in [0.1, 0.15) is 11.8 Å². The van der Waals surface area contributed by atoms with Crippen LogP contribution >= 0.6 is 11.6 Å². The van der Waals surface area contributed by atoms with E-state index in [1.807, 2.05) is 26.0 Å². The molecular weight excluding hydrogens is 502 g/mol. The maximum atomic E-state index is 13.4. The molecule has 0 aromatic heterocycles. The van der Waals surface area contributed by atoms with E-state index >= 15 is 0 Å². The lowest BCUT2D eigenvalue weighted by atomic mass is 10.1. The zero-order valence-electron chi connectivity index (χ0n) is 21.4. The Morgan fingerprint density at radius 3 is 2.39 bits per heavy atom. The molecule has 0 radical (unpaired) electrons. The second kappa shape index (κ2) is 14.1. The van der Waals surface area contributed by atoms with Gasteiger partial charge in [-0.15, -0.1) is 0 Å². The largest absolute Gasteiger partial charge is 0.497 e. The molecule has 2 aromatic carbocycles. The average Bonchev–Trinajstić information content (AvgIpc) is 2.85. The van der Waals surface area contributed by atoms with E-state index < -0.39 is 16.1 Å². The molecule has 198 valence electrons. The summed E-state index contributed by atoms with van der Waals surface area (Å²) in [5.74, 6) is 0.119. The number of ether oxygens (including phenoxy) is 1. The van der Waals surface area contributed by atoms with Gasteiger partial charge in [-0.25, -0.2) is 8.42 Å². The van der Waals surface area contributed by atoms with E-state index in [0.29, 0.717) is 29.4 Å². The van der Waals surface area contributed by atoms with Crippen LogP contribution in [0.1, 0.15) is 45.1 Å². The minimum Gasteiger partial charge on any atom is -0.497 e. The van der Waals surface area contributed by atoms with Crippen molar-refractivity contribution in [3.63, 3.8) is 0 Å². The van der Waals surface area contributed by atoms with E-state index in [-0.39, 0.29) is 37.7 Å². The van der Waals surface area contributed by atoms with Crippen molar-refractivity contribution >= 4 is 39.1 Å². The van der Waals surface area contributed by atoms with Crippen LogP contribution in [0.4, 0.5) is 5.69 Å². The number of nitrogens with one attached hydrogen (secondary N) is 1. The first-order valence-corrected chi connectivity index (χ1v) is 14.3. The first-order chi connectivity index (χ1) is 17.1. The van der Waals surface area contributed by atoms with Crippen LogP contribution in [0.15, 0.2) is 48.5 Å². The van der Waals surface area contributed by atoms with Crippen LogP contribution in [0.25, 0.3) is 0 Å². The highest BCUT2D eigenvalue weighted by atomic mass is 35.5. The van der Waals surface area contributed by atoms with Crippen LogP contribution in [0.3, 0.4) is 0 Å². The van der Waals surface area contributed by atoms with Gasteiger partial charge in [0.15, 0.2) is 0 Å². The maximum Gasteiger partial charge on any atom is 0.242 e. The molecule has 0 aliphatic heterocycles. The highest BCUT2D eigenvalue weighted by Crippen LogP contribution is 2.24. The summed E-state index contributed by atoms with van der Waals surface area (Å²) in [4.78, 5) is 27.8. The predicted octanol–water partition coefficient (Wildman–Crippen LogP) is 4.23. The van der Waals surface area contributed by atoms with Crippen LogP contribution in [0.2, 0.25) is 5.02 Å². The first kappa shape index (κ1) is 29.5.